The summed E-state index contributed by atoms with van der Waals surface area (Å²) in [6.45, 7) is 1.95. The molecule has 50 valence electrons. The van der Waals surface area contributed by atoms with Gasteiger partial charge in [0, 0.05) is 12.4 Å². The van der Waals surface area contributed by atoms with Crippen molar-refractivity contribution in [3.63, 3.8) is 0 Å². The number of halogens is 1. The van der Waals surface area contributed by atoms with Crippen molar-refractivity contribution >= 4 is 15.9 Å². The zero-order valence-electron chi connectivity index (χ0n) is 5.43. The van der Waals surface area contributed by atoms with Crippen molar-refractivity contribution in [2.75, 3.05) is 0 Å². The minimum absolute atomic E-state index is 0.822. The zero-order chi connectivity index (χ0) is 6.85. The number of hydrogen-bond donors (Lipinski definition) is 0. The first-order valence-electron chi connectivity index (χ1n) is 2.67. The van der Waals surface area contributed by atoms with E-state index in [2.05, 4.69) is 26.2 Å². The van der Waals surface area contributed by atoms with E-state index in [1.807, 2.05) is 14.0 Å². The molecule has 0 spiro atoms. The van der Waals surface area contributed by atoms with E-state index >= 15 is 0 Å². The number of nitrogens with zero attached hydrogens (tertiary/aromatic N) is 3. The van der Waals surface area contributed by atoms with Gasteiger partial charge in [0.05, 0.1) is 11.4 Å². The maximum atomic E-state index is 3.87. The number of aromatic nitrogens is 3. The van der Waals surface area contributed by atoms with Crippen LogP contribution in [0, 0.1) is 6.92 Å². The number of alkyl halides is 1. The monoisotopic (exact) mass is 189 g/mol. The van der Waals surface area contributed by atoms with Crippen LogP contribution in [0.3, 0.4) is 0 Å². The summed E-state index contributed by atoms with van der Waals surface area (Å²) in [5.41, 5.74) is 2.13. The topological polar surface area (TPSA) is 30.7 Å². The normalized spacial score (nSPS) is 10.1. The molecule has 0 saturated carbocycles. The van der Waals surface area contributed by atoms with Gasteiger partial charge in [-0.15, -0.1) is 5.10 Å². The maximum Gasteiger partial charge on any atom is 0.0836 e. The number of hydrogen-bond acceptors (Lipinski definition) is 2. The van der Waals surface area contributed by atoms with Gasteiger partial charge in [-0.1, -0.05) is 21.1 Å². The molecule has 0 aliphatic heterocycles. The van der Waals surface area contributed by atoms with Crippen molar-refractivity contribution in [2.24, 2.45) is 7.05 Å². The highest BCUT2D eigenvalue weighted by molar-refractivity contribution is 9.08. The van der Waals surface area contributed by atoms with E-state index in [0.717, 1.165) is 16.7 Å². The van der Waals surface area contributed by atoms with Crippen LogP contribution in [0.2, 0.25) is 0 Å². The van der Waals surface area contributed by atoms with Crippen molar-refractivity contribution in [2.45, 2.75) is 12.3 Å². The van der Waals surface area contributed by atoms with Crippen molar-refractivity contribution in [1.82, 2.24) is 15.0 Å². The van der Waals surface area contributed by atoms with Crippen LogP contribution in [-0.4, -0.2) is 15.0 Å². The lowest BCUT2D eigenvalue weighted by molar-refractivity contribution is 0.694. The molecule has 0 N–H and O–H groups in total. The summed E-state index contributed by atoms with van der Waals surface area (Å²) < 4.78 is 1.77. The van der Waals surface area contributed by atoms with Crippen LogP contribution in [0.15, 0.2) is 0 Å². The van der Waals surface area contributed by atoms with E-state index in [-0.39, 0.29) is 0 Å². The summed E-state index contributed by atoms with van der Waals surface area (Å²) in [7, 11) is 1.89. The second kappa shape index (κ2) is 2.47. The highest BCUT2D eigenvalue weighted by atomic mass is 79.9. The van der Waals surface area contributed by atoms with E-state index in [1.165, 1.54) is 0 Å². The first-order chi connectivity index (χ1) is 4.25. The van der Waals surface area contributed by atoms with E-state index in [9.17, 15) is 0 Å². The minimum Gasteiger partial charge on any atom is -0.251 e. The lowest BCUT2D eigenvalue weighted by atomic mass is 10.4. The summed E-state index contributed by atoms with van der Waals surface area (Å²) in [4.78, 5) is 0. The predicted molar refractivity (Wildman–Crippen MR) is 38.4 cm³/mol. The molecule has 1 rings (SSSR count). The summed E-state index contributed by atoms with van der Waals surface area (Å²) in [5.74, 6) is 0. The van der Waals surface area contributed by atoms with Gasteiger partial charge in [-0.25, -0.2) is 0 Å². The van der Waals surface area contributed by atoms with Gasteiger partial charge in [-0.2, -0.15) is 0 Å². The van der Waals surface area contributed by atoms with E-state index in [4.69, 9.17) is 0 Å². The molecule has 0 unspecified atom stereocenters. The molecule has 0 amide bonds. The molecule has 9 heavy (non-hydrogen) atoms. The van der Waals surface area contributed by atoms with Gasteiger partial charge in [-0.05, 0) is 6.92 Å². The van der Waals surface area contributed by atoms with Crippen LogP contribution < -0.4 is 0 Å². The molecule has 0 aliphatic rings. The first kappa shape index (κ1) is 6.74. The molecule has 0 aliphatic carbocycles. The van der Waals surface area contributed by atoms with Crippen molar-refractivity contribution in [3.8, 4) is 0 Å². The van der Waals surface area contributed by atoms with Gasteiger partial charge in [0.15, 0.2) is 0 Å². The predicted octanol–water partition coefficient (Wildman–Crippen LogP) is 1.02. The fourth-order valence-electron chi connectivity index (χ4n) is 0.663. The van der Waals surface area contributed by atoms with Gasteiger partial charge in [-0.3, -0.25) is 4.68 Å². The van der Waals surface area contributed by atoms with Crippen LogP contribution in [0.4, 0.5) is 0 Å². The Morgan fingerprint density at radius 3 is 2.56 bits per heavy atom. The van der Waals surface area contributed by atoms with Crippen LogP contribution in [-0.2, 0) is 12.4 Å². The Morgan fingerprint density at radius 2 is 2.33 bits per heavy atom. The number of aryl methyl sites for hydroxylation is 2. The zero-order valence-corrected chi connectivity index (χ0v) is 7.01. The number of rotatable bonds is 1. The lowest BCUT2D eigenvalue weighted by Gasteiger charge is -1.92. The quantitative estimate of drug-likeness (QED) is 0.619. The third kappa shape index (κ3) is 1.13. The second-order valence-electron chi connectivity index (χ2n) is 1.88. The Morgan fingerprint density at radius 1 is 1.67 bits per heavy atom. The van der Waals surface area contributed by atoms with E-state index in [1.54, 1.807) is 4.68 Å². The van der Waals surface area contributed by atoms with Gasteiger partial charge in [0.25, 0.3) is 0 Å². The highest BCUT2D eigenvalue weighted by Gasteiger charge is 2.01. The molecule has 0 radical (unpaired) electrons. The lowest BCUT2D eigenvalue weighted by Crippen LogP contribution is -1.95. The van der Waals surface area contributed by atoms with Crippen LogP contribution >= 0.6 is 15.9 Å². The van der Waals surface area contributed by atoms with Gasteiger partial charge in [0.2, 0.25) is 0 Å². The Balaban J connectivity index is 3.07. The average molecular weight is 190 g/mol. The summed E-state index contributed by atoms with van der Waals surface area (Å²) in [5, 5.41) is 8.52. The van der Waals surface area contributed by atoms with Crippen LogP contribution in [0.25, 0.3) is 0 Å². The van der Waals surface area contributed by atoms with Gasteiger partial charge >= 0.3 is 0 Å². The van der Waals surface area contributed by atoms with Crippen molar-refractivity contribution in [1.29, 1.82) is 0 Å². The molecule has 0 atom stereocenters. The third-order valence-corrected chi connectivity index (χ3v) is 1.79. The van der Waals surface area contributed by atoms with Crippen molar-refractivity contribution in [3.05, 3.63) is 11.4 Å². The largest absolute Gasteiger partial charge is 0.251 e. The SMILES string of the molecule is Cc1nnn(C)c1CBr. The molecule has 1 aromatic heterocycles. The van der Waals surface area contributed by atoms with Gasteiger partial charge < -0.3 is 0 Å². The van der Waals surface area contributed by atoms with Crippen LogP contribution in [0.5, 0.6) is 0 Å². The van der Waals surface area contributed by atoms with Crippen LogP contribution in [0.1, 0.15) is 11.4 Å². The molecule has 0 aromatic carbocycles. The Bertz CT molecular complexity index is 186. The molecule has 0 saturated heterocycles. The van der Waals surface area contributed by atoms with E-state index in [0.29, 0.717) is 0 Å². The molecule has 3 nitrogen and oxygen atoms in total. The first-order valence-corrected chi connectivity index (χ1v) is 3.79. The fraction of sp³-hybridized carbons (Fsp3) is 0.600. The summed E-state index contributed by atoms with van der Waals surface area (Å²) in [6.07, 6.45) is 0. The highest BCUT2D eigenvalue weighted by Crippen LogP contribution is 2.05. The third-order valence-electron chi connectivity index (χ3n) is 1.26. The minimum atomic E-state index is 0.822. The Labute approximate surface area is 62.2 Å². The standard InChI is InChI=1S/C5H8BrN3/c1-4-5(3-6)9(2)8-7-4/h3H2,1-2H3. The second-order valence-corrected chi connectivity index (χ2v) is 2.44. The molecular weight excluding hydrogens is 182 g/mol. The van der Waals surface area contributed by atoms with Gasteiger partial charge in [0.1, 0.15) is 0 Å². The average Bonchev–Trinajstić information content (AvgIpc) is 2.12. The van der Waals surface area contributed by atoms with Crippen molar-refractivity contribution < 1.29 is 0 Å². The Kier molecular flexibility index (Phi) is 1.85. The Hall–Kier alpha value is -0.380. The molecule has 0 fully saturated rings. The molecule has 0 bridgehead atoms. The molecular formula is C5H8BrN3. The summed E-state index contributed by atoms with van der Waals surface area (Å²) in [6, 6.07) is 0. The molecule has 4 heteroatoms. The molecule has 1 aromatic rings. The fourth-order valence-corrected chi connectivity index (χ4v) is 1.43. The smallest absolute Gasteiger partial charge is 0.0836 e. The molecule has 1 heterocycles. The summed E-state index contributed by atoms with van der Waals surface area (Å²) >= 11 is 3.34. The van der Waals surface area contributed by atoms with E-state index < -0.39 is 0 Å². The maximum absolute atomic E-state index is 3.87.